The number of hydrogen-bond donors (Lipinski definition) is 1. The smallest absolute Gasteiger partial charge is 0.228 e. The van der Waals surface area contributed by atoms with Gasteiger partial charge in [0.15, 0.2) is 0 Å². The molecule has 1 heterocycles. The summed E-state index contributed by atoms with van der Waals surface area (Å²) in [5.74, 6) is 0.223. The minimum Gasteiger partial charge on any atom is -0.396 e. The first-order valence-corrected chi connectivity index (χ1v) is 5.88. The monoisotopic (exact) mass is 213 g/mol. The average molecular weight is 213 g/mol. The van der Waals surface area contributed by atoms with Crippen LogP contribution in [0.15, 0.2) is 0 Å². The van der Waals surface area contributed by atoms with Crippen molar-refractivity contribution >= 4 is 5.91 Å². The molecule has 0 bridgehead atoms. The second-order valence-electron chi connectivity index (χ2n) is 5.41. The van der Waals surface area contributed by atoms with Crippen LogP contribution in [0.5, 0.6) is 0 Å². The zero-order valence-electron chi connectivity index (χ0n) is 10.1. The molecular formula is C12H23NO2. The molecule has 0 radical (unpaired) electrons. The summed E-state index contributed by atoms with van der Waals surface area (Å²) in [4.78, 5) is 14.1. The van der Waals surface area contributed by atoms with Crippen LogP contribution in [0.1, 0.15) is 46.5 Å². The molecule has 1 rings (SSSR count). The van der Waals surface area contributed by atoms with E-state index in [0.717, 1.165) is 25.8 Å². The molecule has 1 amide bonds. The van der Waals surface area contributed by atoms with Crippen molar-refractivity contribution in [2.75, 3.05) is 13.2 Å². The molecule has 1 fully saturated rings. The van der Waals surface area contributed by atoms with Crippen LogP contribution in [0.4, 0.5) is 0 Å². The summed E-state index contributed by atoms with van der Waals surface area (Å²) >= 11 is 0. The van der Waals surface area contributed by atoms with Crippen LogP contribution in [0.2, 0.25) is 0 Å². The van der Waals surface area contributed by atoms with Gasteiger partial charge in [-0.3, -0.25) is 4.79 Å². The van der Waals surface area contributed by atoms with Crippen LogP contribution < -0.4 is 0 Å². The third-order valence-electron chi connectivity index (χ3n) is 2.99. The molecule has 0 spiro atoms. The van der Waals surface area contributed by atoms with E-state index in [4.69, 9.17) is 5.11 Å². The normalized spacial score (nSPS) is 22.9. The van der Waals surface area contributed by atoms with Crippen molar-refractivity contribution < 1.29 is 9.90 Å². The Balaban J connectivity index is 2.67. The summed E-state index contributed by atoms with van der Waals surface area (Å²) in [5, 5.41) is 8.98. The van der Waals surface area contributed by atoms with Crippen LogP contribution >= 0.6 is 0 Å². The fraction of sp³-hybridized carbons (Fsp3) is 0.917. The van der Waals surface area contributed by atoms with Gasteiger partial charge >= 0.3 is 0 Å². The molecule has 1 saturated heterocycles. The number of carbonyl (C=O) groups is 1. The standard InChI is InChI=1S/C12H23NO2/c1-12(2,3)11(15)13-8-5-4-6-10(13)7-9-14/h10,14H,4-9H2,1-3H3. The van der Waals surface area contributed by atoms with E-state index in [-0.39, 0.29) is 24.0 Å². The minimum absolute atomic E-state index is 0.179. The number of aliphatic hydroxyl groups is 1. The molecule has 88 valence electrons. The predicted octanol–water partition coefficient (Wildman–Crippen LogP) is 1.80. The summed E-state index contributed by atoms with van der Waals surface area (Å²) in [6.45, 7) is 6.92. The van der Waals surface area contributed by atoms with Gasteiger partial charge in [-0.05, 0) is 25.7 Å². The number of likely N-dealkylation sites (tertiary alicyclic amines) is 1. The predicted molar refractivity (Wildman–Crippen MR) is 60.5 cm³/mol. The molecule has 1 N–H and O–H groups in total. The Labute approximate surface area is 92.5 Å². The van der Waals surface area contributed by atoms with Gasteiger partial charge in [0.05, 0.1) is 0 Å². The van der Waals surface area contributed by atoms with Gasteiger partial charge in [0.25, 0.3) is 0 Å². The van der Waals surface area contributed by atoms with Gasteiger partial charge in [-0.25, -0.2) is 0 Å². The molecule has 3 nitrogen and oxygen atoms in total. The molecule has 15 heavy (non-hydrogen) atoms. The lowest BCUT2D eigenvalue weighted by atomic mass is 9.90. The molecule has 0 aliphatic carbocycles. The van der Waals surface area contributed by atoms with Crippen molar-refractivity contribution in [3.05, 3.63) is 0 Å². The van der Waals surface area contributed by atoms with Crippen molar-refractivity contribution in [2.45, 2.75) is 52.5 Å². The largest absolute Gasteiger partial charge is 0.396 e. The van der Waals surface area contributed by atoms with Gasteiger partial charge in [-0.2, -0.15) is 0 Å². The Morgan fingerprint density at radius 1 is 1.40 bits per heavy atom. The van der Waals surface area contributed by atoms with Crippen LogP contribution in [-0.4, -0.2) is 35.1 Å². The van der Waals surface area contributed by atoms with Gasteiger partial charge in [0.1, 0.15) is 0 Å². The highest BCUT2D eigenvalue weighted by Gasteiger charge is 2.32. The zero-order valence-corrected chi connectivity index (χ0v) is 10.1. The first kappa shape index (κ1) is 12.5. The highest BCUT2D eigenvalue weighted by atomic mass is 16.3. The first-order valence-electron chi connectivity index (χ1n) is 5.88. The lowest BCUT2D eigenvalue weighted by Gasteiger charge is -2.39. The van der Waals surface area contributed by atoms with Gasteiger partial charge in [0, 0.05) is 24.6 Å². The molecule has 1 unspecified atom stereocenters. The number of carbonyl (C=O) groups excluding carboxylic acids is 1. The molecule has 0 aromatic rings. The van der Waals surface area contributed by atoms with E-state index in [2.05, 4.69) is 0 Å². The van der Waals surface area contributed by atoms with Crippen LogP contribution in [0, 0.1) is 5.41 Å². The molecular weight excluding hydrogens is 190 g/mol. The zero-order chi connectivity index (χ0) is 11.5. The highest BCUT2D eigenvalue weighted by molar-refractivity contribution is 5.81. The van der Waals surface area contributed by atoms with Crippen molar-refractivity contribution in [3.8, 4) is 0 Å². The van der Waals surface area contributed by atoms with E-state index in [1.807, 2.05) is 25.7 Å². The number of rotatable bonds is 2. The summed E-state index contributed by atoms with van der Waals surface area (Å²) < 4.78 is 0. The van der Waals surface area contributed by atoms with Crippen molar-refractivity contribution in [1.82, 2.24) is 4.90 Å². The molecule has 0 aromatic heterocycles. The molecule has 0 saturated carbocycles. The van der Waals surface area contributed by atoms with Crippen molar-refractivity contribution in [1.29, 1.82) is 0 Å². The lowest BCUT2D eigenvalue weighted by Crippen LogP contribution is -2.48. The Morgan fingerprint density at radius 3 is 2.60 bits per heavy atom. The highest BCUT2D eigenvalue weighted by Crippen LogP contribution is 2.25. The third kappa shape index (κ3) is 3.20. The fourth-order valence-electron chi connectivity index (χ4n) is 2.15. The molecule has 1 atom stereocenters. The number of amides is 1. The molecule has 0 aromatic carbocycles. The first-order chi connectivity index (χ1) is 6.96. The van der Waals surface area contributed by atoms with Crippen molar-refractivity contribution in [3.63, 3.8) is 0 Å². The summed E-state index contributed by atoms with van der Waals surface area (Å²) in [7, 11) is 0. The summed E-state index contributed by atoms with van der Waals surface area (Å²) in [6.07, 6.45) is 4.05. The number of nitrogens with zero attached hydrogens (tertiary/aromatic N) is 1. The topological polar surface area (TPSA) is 40.5 Å². The van der Waals surface area contributed by atoms with Gasteiger partial charge in [-0.1, -0.05) is 20.8 Å². The van der Waals surface area contributed by atoms with Crippen LogP contribution in [0.3, 0.4) is 0 Å². The Hall–Kier alpha value is -0.570. The second-order valence-corrected chi connectivity index (χ2v) is 5.41. The quantitative estimate of drug-likeness (QED) is 0.760. The Kier molecular flexibility index (Phi) is 4.14. The molecule has 1 aliphatic heterocycles. The third-order valence-corrected chi connectivity index (χ3v) is 2.99. The maximum atomic E-state index is 12.1. The van der Waals surface area contributed by atoms with E-state index in [9.17, 15) is 4.79 Å². The number of piperidine rings is 1. The minimum atomic E-state index is -0.301. The van der Waals surface area contributed by atoms with Gasteiger partial charge in [0.2, 0.25) is 5.91 Å². The number of aliphatic hydroxyl groups excluding tert-OH is 1. The maximum Gasteiger partial charge on any atom is 0.228 e. The second kappa shape index (κ2) is 4.97. The van der Waals surface area contributed by atoms with E-state index in [1.54, 1.807) is 0 Å². The SMILES string of the molecule is CC(C)(C)C(=O)N1CCCCC1CCO. The van der Waals surface area contributed by atoms with Crippen LogP contribution in [0.25, 0.3) is 0 Å². The van der Waals surface area contributed by atoms with Gasteiger partial charge in [-0.15, -0.1) is 0 Å². The molecule has 3 heteroatoms. The lowest BCUT2D eigenvalue weighted by molar-refractivity contribution is -0.143. The molecule has 1 aliphatic rings. The van der Waals surface area contributed by atoms with E-state index in [0.29, 0.717) is 0 Å². The van der Waals surface area contributed by atoms with E-state index in [1.165, 1.54) is 6.42 Å². The fourth-order valence-corrected chi connectivity index (χ4v) is 2.15. The summed E-state index contributed by atoms with van der Waals surface area (Å²) in [5.41, 5.74) is -0.301. The van der Waals surface area contributed by atoms with Crippen LogP contribution in [-0.2, 0) is 4.79 Å². The van der Waals surface area contributed by atoms with Crippen molar-refractivity contribution in [2.24, 2.45) is 5.41 Å². The van der Waals surface area contributed by atoms with E-state index < -0.39 is 0 Å². The van der Waals surface area contributed by atoms with E-state index >= 15 is 0 Å². The Morgan fingerprint density at radius 2 is 2.07 bits per heavy atom. The Bertz CT molecular complexity index is 218. The summed E-state index contributed by atoms with van der Waals surface area (Å²) in [6, 6.07) is 0.260. The number of hydrogen-bond acceptors (Lipinski definition) is 2. The van der Waals surface area contributed by atoms with Gasteiger partial charge < -0.3 is 10.0 Å². The maximum absolute atomic E-state index is 12.1. The average Bonchev–Trinajstić information content (AvgIpc) is 2.17.